The van der Waals surface area contributed by atoms with Crippen molar-refractivity contribution in [2.75, 3.05) is 0 Å². The minimum absolute atomic E-state index is 0.139. The van der Waals surface area contributed by atoms with Gasteiger partial charge in [-0.15, -0.1) is 0 Å². The summed E-state index contributed by atoms with van der Waals surface area (Å²) in [7, 11) is 0. The Morgan fingerprint density at radius 3 is 0.597 bits per heavy atom. The second-order valence-corrected chi connectivity index (χ2v) is 21.2. The van der Waals surface area contributed by atoms with Gasteiger partial charge >= 0.3 is 0 Å². The number of nitrogens with zero attached hydrogens (tertiary/aromatic N) is 4. The molecular formula is C60H64N4O8. The Kier molecular flexibility index (Phi) is 11.7. The Morgan fingerprint density at radius 1 is 0.236 bits per heavy atom. The predicted octanol–water partition coefficient (Wildman–Crippen LogP) is 11.9. The van der Waals surface area contributed by atoms with Crippen molar-refractivity contribution in [1.29, 1.82) is 0 Å². The zero-order valence-electron chi connectivity index (χ0n) is 43.0. The number of aromatic nitrogens is 4. The number of fused-ring (bicyclic) bond motifs is 6. The molecular weight excluding hydrogens is 905 g/mol. The van der Waals surface area contributed by atoms with Gasteiger partial charge in [0.05, 0.1) is 21.5 Å². The van der Waals surface area contributed by atoms with E-state index in [9.17, 15) is 0 Å². The molecule has 0 amide bonds. The van der Waals surface area contributed by atoms with Gasteiger partial charge in [-0.05, 0) is 119 Å². The van der Waals surface area contributed by atoms with Crippen molar-refractivity contribution in [1.82, 2.24) is 18.3 Å². The summed E-state index contributed by atoms with van der Waals surface area (Å²) in [6, 6.07) is 5.15. The molecule has 7 aromatic carbocycles. The summed E-state index contributed by atoms with van der Waals surface area (Å²) >= 11 is 0. The molecule has 0 N–H and O–H groups in total. The first-order valence-electron chi connectivity index (χ1n) is 27.2. The molecule has 11 rings (SSSR count). The first kappa shape index (κ1) is 47.7. The van der Waals surface area contributed by atoms with E-state index in [4.69, 9.17) is 0 Å². The highest BCUT2D eigenvalue weighted by atomic mass is 16.2. The van der Waals surface area contributed by atoms with E-state index >= 15 is 38.4 Å². The van der Waals surface area contributed by atoms with Crippen LogP contribution in [0.25, 0.3) is 108 Å². The molecule has 4 aromatic heterocycles. The SMILES string of the molecule is CCCC(CCC)n1c(=O)c2cc3c4c(=O)n(C(CCC)CCC)c(=O)c4c4cc5c(=O)n(C(CCC)CCC)c(=O)c6cc7c8c(=O)n(C(CCC)CCC)c(=O)c8c8cc(c1=O)c2c1c3c4c(c56)c7c81. The van der Waals surface area contributed by atoms with Gasteiger partial charge in [-0.3, -0.25) is 56.6 Å². The van der Waals surface area contributed by atoms with Crippen LogP contribution in [0.3, 0.4) is 0 Å². The van der Waals surface area contributed by atoms with Gasteiger partial charge in [-0.1, -0.05) is 107 Å². The largest absolute Gasteiger partial charge is 0.271 e. The van der Waals surface area contributed by atoms with Crippen LogP contribution < -0.4 is 44.5 Å². The van der Waals surface area contributed by atoms with Gasteiger partial charge in [0, 0.05) is 67.3 Å². The quantitative estimate of drug-likeness (QED) is 0.0540. The summed E-state index contributed by atoms with van der Waals surface area (Å²) in [5.41, 5.74) is -3.89. The fourth-order valence-electron chi connectivity index (χ4n) is 14.2. The minimum atomic E-state index is -0.490. The first-order valence-corrected chi connectivity index (χ1v) is 27.2. The molecule has 0 bridgehead atoms. The molecule has 0 aliphatic heterocycles. The van der Waals surface area contributed by atoms with Gasteiger partial charge in [-0.25, -0.2) is 0 Å². The van der Waals surface area contributed by atoms with E-state index in [0.717, 1.165) is 25.7 Å². The van der Waals surface area contributed by atoms with Crippen molar-refractivity contribution < 1.29 is 0 Å². The number of hydrogen-bond donors (Lipinski definition) is 0. The Morgan fingerprint density at radius 2 is 0.417 bits per heavy atom. The summed E-state index contributed by atoms with van der Waals surface area (Å²) in [6.45, 7) is 16.2. The zero-order valence-corrected chi connectivity index (χ0v) is 43.0. The highest BCUT2D eigenvalue weighted by Gasteiger charge is 2.36. The molecule has 0 saturated carbocycles. The average molecular weight is 969 g/mol. The molecule has 72 heavy (non-hydrogen) atoms. The molecule has 0 aliphatic rings. The van der Waals surface area contributed by atoms with E-state index in [1.807, 2.05) is 55.4 Å². The lowest BCUT2D eigenvalue weighted by Crippen LogP contribution is -2.37. The van der Waals surface area contributed by atoms with Crippen molar-refractivity contribution in [3.8, 4) is 0 Å². The molecule has 12 nitrogen and oxygen atoms in total. The maximum Gasteiger partial charge on any atom is 0.262 e. The Bertz CT molecular complexity index is 3890. The number of hydrogen-bond acceptors (Lipinski definition) is 8. The number of rotatable bonds is 20. The van der Waals surface area contributed by atoms with E-state index < -0.39 is 68.6 Å². The van der Waals surface area contributed by atoms with Gasteiger partial charge in [0.2, 0.25) is 0 Å². The van der Waals surface area contributed by atoms with Crippen LogP contribution in [0.4, 0.5) is 0 Å². The van der Waals surface area contributed by atoms with Crippen LogP contribution in [0.5, 0.6) is 0 Å². The molecule has 12 heteroatoms. The summed E-state index contributed by atoms with van der Waals surface area (Å²) in [5.74, 6) is 0. The lowest BCUT2D eigenvalue weighted by atomic mass is 9.78. The lowest BCUT2D eigenvalue weighted by molar-refractivity contribution is 0.410. The van der Waals surface area contributed by atoms with Crippen molar-refractivity contribution in [2.45, 2.75) is 182 Å². The van der Waals surface area contributed by atoms with Gasteiger partial charge in [0.1, 0.15) is 0 Å². The minimum Gasteiger partial charge on any atom is -0.271 e. The monoisotopic (exact) mass is 968 g/mol. The Hall–Kier alpha value is -6.56. The second-order valence-electron chi connectivity index (χ2n) is 21.2. The van der Waals surface area contributed by atoms with Gasteiger partial charge in [0.15, 0.2) is 0 Å². The smallest absolute Gasteiger partial charge is 0.262 e. The van der Waals surface area contributed by atoms with Crippen LogP contribution in [0.1, 0.15) is 182 Å². The second kappa shape index (κ2) is 17.6. The lowest BCUT2D eigenvalue weighted by Gasteiger charge is -2.26. The van der Waals surface area contributed by atoms with Crippen LogP contribution in [0.15, 0.2) is 62.6 Å². The fraction of sp³-hybridized carbons (Fsp3) is 0.467. The van der Waals surface area contributed by atoms with Crippen LogP contribution >= 0.6 is 0 Å². The molecule has 0 aliphatic carbocycles. The fourth-order valence-corrected chi connectivity index (χ4v) is 14.2. The van der Waals surface area contributed by atoms with E-state index in [1.165, 1.54) is 18.3 Å². The highest BCUT2D eigenvalue weighted by molar-refractivity contribution is 6.54. The third-order valence-electron chi connectivity index (χ3n) is 16.9. The van der Waals surface area contributed by atoms with Crippen LogP contribution in [0.2, 0.25) is 0 Å². The normalized spacial score (nSPS) is 13.2. The van der Waals surface area contributed by atoms with Gasteiger partial charge < -0.3 is 0 Å². The zero-order chi connectivity index (χ0) is 50.9. The topological polar surface area (TPSA) is 156 Å². The van der Waals surface area contributed by atoms with Gasteiger partial charge in [-0.2, -0.15) is 0 Å². The molecule has 0 unspecified atom stereocenters. The summed E-state index contributed by atoms with van der Waals surface area (Å²) in [4.78, 5) is 124. The summed E-state index contributed by atoms with van der Waals surface area (Å²) in [6.07, 6.45) is 10.4. The van der Waals surface area contributed by atoms with Crippen molar-refractivity contribution in [3.05, 3.63) is 107 Å². The predicted molar refractivity (Wildman–Crippen MR) is 297 cm³/mol. The maximum atomic E-state index is 15.5. The molecule has 0 radical (unpaired) electrons. The third-order valence-corrected chi connectivity index (χ3v) is 16.9. The Balaban J connectivity index is 1.54. The number of pyridine rings is 2. The average Bonchev–Trinajstić information content (AvgIpc) is 3.78. The summed E-state index contributed by atoms with van der Waals surface area (Å²) in [5, 5.41) is 6.76. The van der Waals surface area contributed by atoms with Crippen molar-refractivity contribution in [2.24, 2.45) is 0 Å². The van der Waals surface area contributed by atoms with E-state index in [2.05, 4.69) is 0 Å². The molecule has 372 valence electrons. The molecule has 0 atom stereocenters. The number of benzene rings is 7. The van der Waals surface area contributed by atoms with Gasteiger partial charge in [0.25, 0.3) is 44.5 Å². The van der Waals surface area contributed by atoms with Crippen LogP contribution in [-0.4, -0.2) is 18.3 Å². The highest BCUT2D eigenvalue weighted by Crippen LogP contribution is 2.54. The molecule has 0 spiro atoms. The Labute approximate surface area is 413 Å². The summed E-state index contributed by atoms with van der Waals surface area (Å²) < 4.78 is 5.52. The van der Waals surface area contributed by atoms with E-state index in [1.54, 1.807) is 24.3 Å². The molecule has 4 heterocycles. The molecule has 0 fully saturated rings. The van der Waals surface area contributed by atoms with E-state index in [-0.39, 0.29) is 43.1 Å². The van der Waals surface area contributed by atoms with Crippen molar-refractivity contribution in [3.63, 3.8) is 0 Å². The van der Waals surface area contributed by atoms with E-state index in [0.29, 0.717) is 142 Å². The maximum absolute atomic E-state index is 15.5. The molecule has 11 aromatic rings. The first-order chi connectivity index (χ1) is 34.8. The standard InChI is InChI=1S/C60H64N4O8/c1-9-17-29(18-10-2)61-53(65)37-25-33-43-45-35(49-47(33)57(69)63(59(49)71)31(21-13-5)22-14-6)27-39-42-40(56(68)62(55(39)67)30(19-11-3)20-12-4)28-36-46(52(42)45)44-34(26-38(54(61)66)41(37)51(43)44)48-50(36)60(72)64(58(48)70)32(23-15-7)24-16-8/h25-32H,9-24H2,1-8H3. The van der Waals surface area contributed by atoms with Crippen LogP contribution in [0, 0.1) is 0 Å². The van der Waals surface area contributed by atoms with Crippen LogP contribution in [-0.2, 0) is 0 Å². The van der Waals surface area contributed by atoms with Crippen molar-refractivity contribution >= 4 is 108 Å². The third kappa shape index (κ3) is 6.10. The molecule has 0 saturated heterocycles.